The number of morpholine rings is 1. The van der Waals surface area contributed by atoms with E-state index in [-0.39, 0.29) is 11.8 Å². The molecule has 2 aliphatic rings. The Bertz CT molecular complexity index is 1210. The van der Waals surface area contributed by atoms with Crippen molar-refractivity contribution in [2.45, 2.75) is 32.5 Å². The second kappa shape index (κ2) is 12.4. The van der Waals surface area contributed by atoms with Crippen LogP contribution in [0, 0.1) is 5.92 Å². The average Bonchev–Trinajstić information content (AvgIpc) is 3.36. The highest BCUT2D eigenvalue weighted by atomic mass is 35.5. The Morgan fingerprint density at radius 1 is 0.973 bits per heavy atom. The number of nitrogens with zero attached hydrogens (tertiary/aromatic N) is 4. The summed E-state index contributed by atoms with van der Waals surface area (Å²) in [6, 6.07) is 13.7. The number of rotatable bonds is 8. The van der Waals surface area contributed by atoms with Gasteiger partial charge in [-0.2, -0.15) is 4.98 Å². The molecular weight excluding hydrogens is 513 g/mol. The summed E-state index contributed by atoms with van der Waals surface area (Å²) in [4.78, 5) is 22.0. The number of halogens is 2. The van der Waals surface area contributed by atoms with Crippen LogP contribution in [0.1, 0.15) is 29.9 Å². The minimum Gasteiger partial charge on any atom is -0.379 e. The van der Waals surface area contributed by atoms with Crippen LogP contribution in [0.15, 0.2) is 47.0 Å². The van der Waals surface area contributed by atoms with Gasteiger partial charge in [-0.25, -0.2) is 0 Å². The topological polar surface area (TPSA) is 83.7 Å². The number of hydrogen-bond donors (Lipinski definition) is 1. The number of aromatic nitrogens is 2. The molecule has 0 spiro atoms. The van der Waals surface area contributed by atoms with Crippen molar-refractivity contribution in [2.75, 3.05) is 39.4 Å². The van der Waals surface area contributed by atoms with Crippen LogP contribution in [0.3, 0.4) is 0 Å². The van der Waals surface area contributed by atoms with Gasteiger partial charge in [-0.3, -0.25) is 14.6 Å². The molecule has 2 fully saturated rings. The molecule has 0 saturated carbocycles. The van der Waals surface area contributed by atoms with Gasteiger partial charge in [0.05, 0.1) is 24.8 Å². The number of ether oxygens (including phenoxy) is 1. The molecule has 0 atom stereocenters. The SMILES string of the molecule is O=C(NCc1cccc(CN2CCOCC2)c1)C1CCN(Cc2nc(-c3ccc(Cl)cc3Cl)no2)CC1. The molecule has 0 aliphatic carbocycles. The molecule has 3 aromatic rings. The van der Waals surface area contributed by atoms with E-state index in [1.54, 1.807) is 18.2 Å². The Morgan fingerprint density at radius 3 is 2.51 bits per heavy atom. The van der Waals surface area contributed by atoms with Crippen LogP contribution in [-0.4, -0.2) is 65.2 Å². The molecule has 1 amide bonds. The van der Waals surface area contributed by atoms with Gasteiger partial charge in [0.15, 0.2) is 0 Å². The zero-order valence-electron chi connectivity index (χ0n) is 20.7. The summed E-state index contributed by atoms with van der Waals surface area (Å²) in [6.07, 6.45) is 1.60. The smallest absolute Gasteiger partial charge is 0.241 e. The van der Waals surface area contributed by atoms with Crippen LogP contribution < -0.4 is 5.32 Å². The lowest BCUT2D eigenvalue weighted by Crippen LogP contribution is -2.40. The molecule has 2 saturated heterocycles. The highest BCUT2D eigenvalue weighted by molar-refractivity contribution is 6.36. The molecule has 5 rings (SSSR count). The lowest BCUT2D eigenvalue weighted by atomic mass is 9.96. The summed E-state index contributed by atoms with van der Waals surface area (Å²) >= 11 is 12.2. The Balaban J connectivity index is 1.07. The molecule has 0 radical (unpaired) electrons. The predicted molar refractivity (Wildman–Crippen MR) is 142 cm³/mol. The Labute approximate surface area is 226 Å². The summed E-state index contributed by atoms with van der Waals surface area (Å²) in [5.74, 6) is 1.11. The summed E-state index contributed by atoms with van der Waals surface area (Å²) in [5, 5.41) is 8.24. The third-order valence-corrected chi connectivity index (χ3v) is 7.47. The van der Waals surface area contributed by atoms with Crippen LogP contribution in [-0.2, 0) is 29.2 Å². The van der Waals surface area contributed by atoms with Gasteiger partial charge in [0.1, 0.15) is 0 Å². The fraction of sp³-hybridized carbons (Fsp3) is 0.444. The largest absolute Gasteiger partial charge is 0.379 e. The number of benzene rings is 2. The van der Waals surface area contributed by atoms with Crippen molar-refractivity contribution in [2.24, 2.45) is 5.92 Å². The van der Waals surface area contributed by atoms with Gasteiger partial charge in [-0.05, 0) is 55.3 Å². The monoisotopic (exact) mass is 543 g/mol. The molecule has 1 aromatic heterocycles. The zero-order chi connectivity index (χ0) is 25.6. The first-order chi connectivity index (χ1) is 18.0. The van der Waals surface area contributed by atoms with Gasteiger partial charge in [0.2, 0.25) is 17.6 Å². The molecule has 1 N–H and O–H groups in total. The molecule has 0 bridgehead atoms. The minimum atomic E-state index is 0.0129. The summed E-state index contributed by atoms with van der Waals surface area (Å²) in [7, 11) is 0. The molecule has 3 heterocycles. The molecule has 37 heavy (non-hydrogen) atoms. The number of carbonyl (C=O) groups excluding carboxylic acids is 1. The fourth-order valence-electron chi connectivity index (χ4n) is 4.83. The van der Waals surface area contributed by atoms with E-state index >= 15 is 0 Å². The quantitative estimate of drug-likeness (QED) is 0.450. The molecule has 8 nitrogen and oxygen atoms in total. The van der Waals surface area contributed by atoms with E-state index in [4.69, 9.17) is 32.5 Å². The highest BCUT2D eigenvalue weighted by Crippen LogP contribution is 2.29. The third-order valence-electron chi connectivity index (χ3n) is 6.93. The van der Waals surface area contributed by atoms with Crippen LogP contribution in [0.25, 0.3) is 11.4 Å². The van der Waals surface area contributed by atoms with Crippen LogP contribution in [0.5, 0.6) is 0 Å². The summed E-state index contributed by atoms with van der Waals surface area (Å²) in [6.45, 7) is 7.12. The van der Waals surface area contributed by atoms with Gasteiger partial charge < -0.3 is 14.6 Å². The van der Waals surface area contributed by atoms with Gasteiger partial charge >= 0.3 is 0 Å². The number of nitrogens with one attached hydrogen (secondary N) is 1. The molecular formula is C27H31Cl2N5O3. The molecule has 2 aliphatic heterocycles. The van der Waals surface area contributed by atoms with Gasteiger partial charge in [0, 0.05) is 42.7 Å². The van der Waals surface area contributed by atoms with Crippen LogP contribution in [0.2, 0.25) is 10.0 Å². The van der Waals surface area contributed by atoms with E-state index in [0.29, 0.717) is 40.4 Å². The van der Waals surface area contributed by atoms with Crippen molar-refractivity contribution in [1.82, 2.24) is 25.3 Å². The van der Waals surface area contributed by atoms with Crippen molar-refractivity contribution >= 4 is 29.1 Å². The first kappa shape index (κ1) is 26.1. The maximum atomic E-state index is 12.8. The van der Waals surface area contributed by atoms with Crippen molar-refractivity contribution in [1.29, 1.82) is 0 Å². The van der Waals surface area contributed by atoms with Gasteiger partial charge in [-0.15, -0.1) is 0 Å². The van der Waals surface area contributed by atoms with Gasteiger partial charge in [-0.1, -0.05) is 52.6 Å². The van der Waals surface area contributed by atoms with Crippen molar-refractivity contribution in [3.05, 3.63) is 69.5 Å². The predicted octanol–water partition coefficient (Wildman–Crippen LogP) is 4.40. The van der Waals surface area contributed by atoms with E-state index in [2.05, 4.69) is 49.5 Å². The Hall–Kier alpha value is -2.49. The first-order valence-corrected chi connectivity index (χ1v) is 13.4. The summed E-state index contributed by atoms with van der Waals surface area (Å²) in [5.41, 5.74) is 3.08. The molecule has 2 aromatic carbocycles. The second-order valence-electron chi connectivity index (χ2n) is 9.61. The Kier molecular flexibility index (Phi) is 8.74. The highest BCUT2D eigenvalue weighted by Gasteiger charge is 2.26. The maximum Gasteiger partial charge on any atom is 0.241 e. The van der Waals surface area contributed by atoms with Crippen LogP contribution in [0.4, 0.5) is 0 Å². The van der Waals surface area contributed by atoms with Gasteiger partial charge in [0.25, 0.3) is 0 Å². The number of amides is 1. The first-order valence-electron chi connectivity index (χ1n) is 12.7. The third kappa shape index (κ3) is 7.09. The maximum absolute atomic E-state index is 12.8. The van der Waals surface area contributed by atoms with E-state index in [9.17, 15) is 4.79 Å². The van der Waals surface area contributed by atoms with E-state index in [1.807, 2.05) is 0 Å². The van der Waals surface area contributed by atoms with Crippen molar-refractivity contribution in [3.63, 3.8) is 0 Å². The Morgan fingerprint density at radius 2 is 1.73 bits per heavy atom. The summed E-state index contributed by atoms with van der Waals surface area (Å²) < 4.78 is 10.9. The van der Waals surface area contributed by atoms with Crippen LogP contribution >= 0.6 is 23.2 Å². The number of likely N-dealkylation sites (tertiary alicyclic amines) is 1. The lowest BCUT2D eigenvalue weighted by molar-refractivity contribution is -0.126. The second-order valence-corrected chi connectivity index (χ2v) is 10.5. The fourth-order valence-corrected chi connectivity index (χ4v) is 5.33. The average molecular weight is 544 g/mol. The van der Waals surface area contributed by atoms with E-state index in [0.717, 1.165) is 64.3 Å². The van der Waals surface area contributed by atoms with Crippen molar-refractivity contribution in [3.8, 4) is 11.4 Å². The molecule has 10 heteroatoms. The number of carbonyl (C=O) groups is 1. The standard InChI is InChI=1S/C27H31Cl2N5O3/c28-22-4-5-23(24(29)15-22)26-31-25(37-32-26)18-33-8-6-21(7-9-33)27(35)30-16-19-2-1-3-20(14-19)17-34-10-12-36-13-11-34/h1-5,14-15,21H,6-13,16-18H2,(H,30,35). The normalized spacial score (nSPS) is 17.7. The van der Waals surface area contributed by atoms with E-state index in [1.165, 1.54) is 5.56 Å². The number of piperidine rings is 1. The van der Waals surface area contributed by atoms with Crippen molar-refractivity contribution < 1.29 is 14.1 Å². The molecule has 0 unspecified atom stereocenters. The zero-order valence-corrected chi connectivity index (χ0v) is 22.2. The van der Waals surface area contributed by atoms with E-state index < -0.39 is 0 Å². The number of hydrogen-bond acceptors (Lipinski definition) is 7. The molecule has 196 valence electrons. The lowest BCUT2D eigenvalue weighted by Gasteiger charge is -2.30. The minimum absolute atomic E-state index is 0.0129.